The SMILES string of the molecule is N#CC(C#N)=CNc1ccc(C2CCNc3ccccc3N2)cc1. The third-order valence-corrected chi connectivity index (χ3v) is 3.94. The van der Waals surface area contributed by atoms with Crippen LogP contribution in [-0.4, -0.2) is 6.54 Å². The summed E-state index contributed by atoms with van der Waals surface area (Å²) in [7, 11) is 0. The number of para-hydroxylation sites is 2. The van der Waals surface area contributed by atoms with Crippen LogP contribution in [0.1, 0.15) is 18.0 Å². The molecule has 24 heavy (non-hydrogen) atoms. The molecule has 2 aromatic rings. The number of anilines is 3. The third-order valence-electron chi connectivity index (χ3n) is 3.94. The monoisotopic (exact) mass is 315 g/mol. The molecule has 0 amide bonds. The van der Waals surface area contributed by atoms with Crippen LogP contribution in [-0.2, 0) is 0 Å². The maximum atomic E-state index is 8.73. The highest BCUT2D eigenvalue weighted by molar-refractivity contribution is 5.70. The molecule has 3 N–H and O–H groups in total. The maximum absolute atomic E-state index is 8.73. The molecule has 118 valence electrons. The zero-order chi connectivity index (χ0) is 16.8. The summed E-state index contributed by atoms with van der Waals surface area (Å²) >= 11 is 0. The van der Waals surface area contributed by atoms with Gasteiger partial charge in [0.25, 0.3) is 0 Å². The molecule has 1 aliphatic heterocycles. The number of benzene rings is 2. The Balaban J connectivity index is 1.73. The fourth-order valence-electron chi connectivity index (χ4n) is 2.68. The summed E-state index contributed by atoms with van der Waals surface area (Å²) in [5.41, 5.74) is 4.33. The molecule has 0 spiro atoms. The number of rotatable bonds is 3. The summed E-state index contributed by atoms with van der Waals surface area (Å²) in [6.45, 7) is 0.908. The van der Waals surface area contributed by atoms with Crippen molar-refractivity contribution in [3.05, 3.63) is 65.9 Å². The van der Waals surface area contributed by atoms with Crippen molar-refractivity contribution < 1.29 is 0 Å². The number of nitrogens with zero attached hydrogens (tertiary/aromatic N) is 2. The fraction of sp³-hybridized carbons (Fsp3) is 0.158. The van der Waals surface area contributed by atoms with Crippen molar-refractivity contribution in [2.45, 2.75) is 12.5 Å². The number of nitrogens with one attached hydrogen (secondary N) is 3. The topological polar surface area (TPSA) is 83.7 Å². The predicted molar refractivity (Wildman–Crippen MR) is 95.3 cm³/mol. The summed E-state index contributed by atoms with van der Waals surface area (Å²) in [6, 6.07) is 20.1. The summed E-state index contributed by atoms with van der Waals surface area (Å²) < 4.78 is 0. The van der Waals surface area contributed by atoms with Crippen LogP contribution in [0.5, 0.6) is 0 Å². The van der Waals surface area contributed by atoms with Gasteiger partial charge in [0.2, 0.25) is 0 Å². The van der Waals surface area contributed by atoms with Gasteiger partial charge in [-0.1, -0.05) is 24.3 Å². The van der Waals surface area contributed by atoms with Gasteiger partial charge >= 0.3 is 0 Å². The quantitative estimate of drug-likeness (QED) is 0.746. The first-order chi connectivity index (χ1) is 11.8. The van der Waals surface area contributed by atoms with Gasteiger partial charge in [0, 0.05) is 18.4 Å². The van der Waals surface area contributed by atoms with E-state index in [9.17, 15) is 0 Å². The second-order valence-corrected chi connectivity index (χ2v) is 5.51. The standard InChI is InChI=1S/C19H17N5/c20-11-14(12-21)13-23-16-7-5-15(6-8-16)17-9-10-22-18-3-1-2-4-19(18)24-17/h1-8,13,17,22-24H,9-10H2. The van der Waals surface area contributed by atoms with Crippen molar-refractivity contribution >= 4 is 17.1 Å². The van der Waals surface area contributed by atoms with E-state index >= 15 is 0 Å². The van der Waals surface area contributed by atoms with Gasteiger partial charge < -0.3 is 16.0 Å². The van der Waals surface area contributed by atoms with E-state index in [1.54, 1.807) is 0 Å². The normalized spacial score (nSPS) is 15.3. The predicted octanol–water partition coefficient (Wildman–Crippen LogP) is 4.00. The van der Waals surface area contributed by atoms with Crippen molar-refractivity contribution in [2.24, 2.45) is 0 Å². The lowest BCUT2D eigenvalue weighted by Crippen LogP contribution is -2.11. The highest BCUT2D eigenvalue weighted by Crippen LogP contribution is 2.31. The molecular weight excluding hydrogens is 298 g/mol. The Morgan fingerprint density at radius 2 is 1.75 bits per heavy atom. The van der Waals surface area contributed by atoms with Gasteiger partial charge in [-0.15, -0.1) is 0 Å². The van der Waals surface area contributed by atoms with Gasteiger partial charge in [-0.05, 0) is 36.2 Å². The van der Waals surface area contributed by atoms with Crippen molar-refractivity contribution in [1.82, 2.24) is 0 Å². The summed E-state index contributed by atoms with van der Waals surface area (Å²) in [4.78, 5) is 0. The first-order valence-electron chi connectivity index (χ1n) is 7.76. The Morgan fingerprint density at radius 3 is 2.46 bits per heavy atom. The zero-order valence-electron chi connectivity index (χ0n) is 13.1. The lowest BCUT2D eigenvalue weighted by atomic mass is 10.0. The van der Waals surface area contributed by atoms with Crippen molar-refractivity contribution in [2.75, 3.05) is 22.5 Å². The Labute approximate surface area is 141 Å². The van der Waals surface area contributed by atoms with Crippen LogP contribution in [0.15, 0.2) is 60.3 Å². The van der Waals surface area contributed by atoms with Gasteiger partial charge in [-0.2, -0.15) is 10.5 Å². The fourth-order valence-corrected chi connectivity index (χ4v) is 2.68. The molecule has 0 saturated carbocycles. The summed E-state index contributed by atoms with van der Waals surface area (Å²) in [5, 5.41) is 27.4. The van der Waals surface area contributed by atoms with E-state index in [-0.39, 0.29) is 11.6 Å². The molecule has 0 radical (unpaired) electrons. The smallest absolute Gasteiger partial charge is 0.145 e. The molecule has 3 rings (SSSR count). The Hall–Kier alpha value is -3.44. The van der Waals surface area contributed by atoms with Gasteiger partial charge in [0.15, 0.2) is 0 Å². The van der Waals surface area contributed by atoms with E-state index in [2.05, 4.69) is 40.2 Å². The third kappa shape index (κ3) is 3.48. The minimum atomic E-state index is 0.0483. The average Bonchev–Trinajstić information content (AvgIpc) is 2.85. The molecule has 2 aromatic carbocycles. The molecule has 0 aromatic heterocycles. The minimum Gasteiger partial charge on any atom is -0.383 e. The van der Waals surface area contributed by atoms with Crippen LogP contribution < -0.4 is 16.0 Å². The maximum Gasteiger partial charge on any atom is 0.145 e. The number of hydrogen-bond acceptors (Lipinski definition) is 5. The average molecular weight is 315 g/mol. The van der Waals surface area contributed by atoms with E-state index in [4.69, 9.17) is 10.5 Å². The highest BCUT2D eigenvalue weighted by Gasteiger charge is 2.16. The van der Waals surface area contributed by atoms with Crippen LogP contribution in [0.2, 0.25) is 0 Å². The molecule has 0 bridgehead atoms. The molecule has 1 heterocycles. The molecule has 5 nitrogen and oxygen atoms in total. The minimum absolute atomic E-state index is 0.0483. The molecule has 1 aliphatic rings. The van der Waals surface area contributed by atoms with Gasteiger partial charge in [-0.25, -0.2) is 0 Å². The first-order valence-corrected chi connectivity index (χ1v) is 7.76. The number of nitriles is 2. The Kier molecular flexibility index (Phi) is 4.65. The van der Waals surface area contributed by atoms with E-state index in [0.29, 0.717) is 0 Å². The van der Waals surface area contributed by atoms with Crippen molar-refractivity contribution in [1.29, 1.82) is 10.5 Å². The lowest BCUT2D eigenvalue weighted by Gasteiger charge is -2.18. The first kappa shape index (κ1) is 15.5. The molecule has 1 atom stereocenters. The molecular formula is C19H17N5. The number of hydrogen-bond donors (Lipinski definition) is 3. The van der Waals surface area contributed by atoms with E-state index in [1.165, 1.54) is 11.8 Å². The number of fused-ring (bicyclic) bond motifs is 1. The Bertz CT molecular complexity index is 808. The van der Waals surface area contributed by atoms with Gasteiger partial charge in [-0.3, -0.25) is 0 Å². The number of allylic oxidation sites excluding steroid dienone is 1. The highest BCUT2D eigenvalue weighted by atomic mass is 15.0. The van der Waals surface area contributed by atoms with E-state index < -0.39 is 0 Å². The molecule has 0 saturated heterocycles. The van der Waals surface area contributed by atoms with E-state index in [1.807, 2.05) is 36.4 Å². The van der Waals surface area contributed by atoms with Crippen LogP contribution >= 0.6 is 0 Å². The second kappa shape index (κ2) is 7.21. The van der Waals surface area contributed by atoms with Crippen molar-refractivity contribution in [3.8, 4) is 12.1 Å². The summed E-state index contributed by atoms with van der Waals surface area (Å²) in [5.74, 6) is 0. The molecule has 0 aliphatic carbocycles. The second-order valence-electron chi connectivity index (χ2n) is 5.51. The zero-order valence-corrected chi connectivity index (χ0v) is 13.1. The largest absolute Gasteiger partial charge is 0.383 e. The Morgan fingerprint density at radius 1 is 1.04 bits per heavy atom. The van der Waals surface area contributed by atoms with Gasteiger partial charge in [0.05, 0.1) is 17.4 Å². The molecule has 1 unspecified atom stereocenters. The molecule has 5 heteroatoms. The van der Waals surface area contributed by atoms with Crippen LogP contribution in [0.4, 0.5) is 17.1 Å². The van der Waals surface area contributed by atoms with E-state index in [0.717, 1.165) is 30.0 Å². The van der Waals surface area contributed by atoms with Crippen molar-refractivity contribution in [3.63, 3.8) is 0 Å². The summed E-state index contributed by atoms with van der Waals surface area (Å²) in [6.07, 6.45) is 2.40. The molecule has 0 fully saturated rings. The van der Waals surface area contributed by atoms with Crippen LogP contribution in [0.25, 0.3) is 0 Å². The van der Waals surface area contributed by atoms with Crippen LogP contribution in [0.3, 0.4) is 0 Å². The van der Waals surface area contributed by atoms with Crippen LogP contribution in [0, 0.1) is 22.7 Å². The van der Waals surface area contributed by atoms with Gasteiger partial charge in [0.1, 0.15) is 17.7 Å². The lowest BCUT2D eigenvalue weighted by molar-refractivity contribution is 0.732.